The summed E-state index contributed by atoms with van der Waals surface area (Å²) in [6.07, 6.45) is 1.12. The number of thiazole rings is 1. The van der Waals surface area contributed by atoms with Crippen LogP contribution in [0.2, 0.25) is 15.1 Å². The molecule has 1 aliphatic heterocycles. The molecule has 5 atom stereocenters. The van der Waals surface area contributed by atoms with E-state index < -0.39 is 12.1 Å². The first-order valence-electron chi connectivity index (χ1n) is 9.13. The molecule has 2 aromatic rings. The predicted octanol–water partition coefficient (Wildman–Crippen LogP) is 5.10. The summed E-state index contributed by atoms with van der Waals surface area (Å²) in [5.41, 5.74) is 0.0342. The van der Waals surface area contributed by atoms with Crippen molar-refractivity contribution in [3.8, 4) is 5.75 Å². The van der Waals surface area contributed by atoms with Crippen molar-refractivity contribution in [2.45, 2.75) is 37.6 Å². The summed E-state index contributed by atoms with van der Waals surface area (Å²) in [6.45, 7) is 0.286. The number of aromatic nitrogens is 1. The Hall–Kier alpha value is -1.09. The fourth-order valence-electron chi connectivity index (χ4n) is 4.08. The summed E-state index contributed by atoms with van der Waals surface area (Å²) in [7, 11) is 0. The summed E-state index contributed by atoms with van der Waals surface area (Å²) >= 11 is 19.5. The number of aliphatic hydroxyl groups is 1. The van der Waals surface area contributed by atoms with Gasteiger partial charge in [0.05, 0.1) is 28.9 Å². The molecule has 29 heavy (non-hydrogen) atoms. The van der Waals surface area contributed by atoms with Crippen molar-refractivity contribution >= 4 is 52.1 Å². The van der Waals surface area contributed by atoms with Crippen LogP contribution >= 0.6 is 46.1 Å². The van der Waals surface area contributed by atoms with E-state index in [-0.39, 0.29) is 46.4 Å². The van der Waals surface area contributed by atoms with Crippen LogP contribution in [0.5, 0.6) is 5.75 Å². The summed E-state index contributed by atoms with van der Waals surface area (Å²) in [4.78, 5) is 15.2. The van der Waals surface area contributed by atoms with E-state index in [0.29, 0.717) is 28.6 Å². The fourth-order valence-corrected chi connectivity index (χ4v) is 5.53. The highest BCUT2D eigenvalue weighted by molar-refractivity contribution is 7.09. The lowest BCUT2D eigenvalue weighted by molar-refractivity contribution is -0.0811. The van der Waals surface area contributed by atoms with Crippen molar-refractivity contribution in [2.24, 2.45) is 11.8 Å². The maximum Gasteiger partial charge on any atom is 0.355 e. The van der Waals surface area contributed by atoms with Gasteiger partial charge in [-0.1, -0.05) is 34.8 Å². The molecule has 0 unspecified atom stereocenters. The summed E-state index contributed by atoms with van der Waals surface area (Å²) in [5, 5.41) is 22.6. The molecular weight excluding hydrogens is 461 g/mol. The second-order valence-corrected chi connectivity index (χ2v) is 9.28. The third-order valence-electron chi connectivity index (χ3n) is 5.54. The number of benzene rings is 1. The molecule has 0 bridgehead atoms. The Labute approximate surface area is 186 Å². The number of fused-ring (bicyclic) bond motifs is 1. The van der Waals surface area contributed by atoms with E-state index in [4.69, 9.17) is 49.4 Å². The van der Waals surface area contributed by atoms with Gasteiger partial charge in [0.25, 0.3) is 0 Å². The fraction of sp³-hybridized carbons (Fsp3) is 0.474. The van der Waals surface area contributed by atoms with E-state index in [1.54, 1.807) is 12.1 Å². The molecule has 0 radical (unpaired) electrons. The van der Waals surface area contributed by atoms with E-state index in [1.165, 1.54) is 16.7 Å². The molecule has 2 aliphatic rings. The molecule has 1 aromatic heterocycles. The van der Waals surface area contributed by atoms with Gasteiger partial charge in [0, 0.05) is 17.7 Å². The zero-order valence-electron chi connectivity index (χ0n) is 15.1. The van der Waals surface area contributed by atoms with Crippen molar-refractivity contribution in [1.29, 1.82) is 0 Å². The molecule has 4 rings (SSSR count). The van der Waals surface area contributed by atoms with Crippen LogP contribution in [-0.2, 0) is 4.74 Å². The highest BCUT2D eigenvalue weighted by Gasteiger charge is 2.47. The van der Waals surface area contributed by atoms with Crippen molar-refractivity contribution in [1.82, 2.24) is 4.98 Å². The van der Waals surface area contributed by atoms with Gasteiger partial charge in [-0.3, -0.25) is 0 Å². The van der Waals surface area contributed by atoms with Crippen LogP contribution in [0.4, 0.5) is 0 Å². The lowest BCUT2D eigenvalue weighted by atomic mass is 9.87. The van der Waals surface area contributed by atoms with Crippen LogP contribution in [-0.4, -0.2) is 40.0 Å². The molecule has 156 valence electrons. The standard InChI is InChI=1S/C19H18Cl3NO5S/c20-10-2-4-13(17(22)16(10)21)27-6-9-8-1-3-14(28-15(8)5-12(9)24)18-23-11(7-29-18)19(25)26/h2,4,7-9,12,14-15,24H,1,3,5-6H2,(H,25,26)/t8-,9-,12-,14-,15+/m1/s1. The minimum absolute atomic E-state index is 0.0342. The van der Waals surface area contributed by atoms with Crippen LogP contribution in [0, 0.1) is 11.8 Å². The van der Waals surface area contributed by atoms with Crippen LogP contribution in [0.3, 0.4) is 0 Å². The smallest absolute Gasteiger partial charge is 0.355 e. The largest absolute Gasteiger partial charge is 0.492 e. The number of carboxylic acids is 1. The quantitative estimate of drug-likeness (QED) is 0.581. The van der Waals surface area contributed by atoms with Gasteiger partial charge in [0.1, 0.15) is 21.9 Å². The summed E-state index contributed by atoms with van der Waals surface area (Å²) in [6, 6.07) is 3.28. The van der Waals surface area contributed by atoms with Gasteiger partial charge in [-0.2, -0.15) is 0 Å². The molecular formula is C19H18Cl3NO5S. The zero-order valence-corrected chi connectivity index (χ0v) is 18.1. The number of rotatable bonds is 5. The molecule has 0 amide bonds. The molecule has 10 heteroatoms. The third-order valence-corrected chi connectivity index (χ3v) is 7.76. The molecule has 0 spiro atoms. The van der Waals surface area contributed by atoms with Crippen LogP contribution in [0.25, 0.3) is 0 Å². The molecule has 2 heterocycles. The minimum Gasteiger partial charge on any atom is -0.492 e. The number of ether oxygens (including phenoxy) is 2. The van der Waals surface area contributed by atoms with Crippen molar-refractivity contribution in [3.05, 3.63) is 43.3 Å². The third kappa shape index (κ3) is 4.22. The summed E-state index contributed by atoms with van der Waals surface area (Å²) in [5.74, 6) is -0.579. The number of nitrogens with zero attached hydrogens (tertiary/aromatic N) is 1. The Morgan fingerprint density at radius 3 is 2.79 bits per heavy atom. The number of hydrogen-bond acceptors (Lipinski definition) is 6. The SMILES string of the molecule is O=C(O)c1csc([C@H]2CC[C@@H]3[C@@H](COc4ccc(Cl)c(Cl)c4Cl)[C@H](O)C[C@@H]3O2)n1. The lowest BCUT2D eigenvalue weighted by Gasteiger charge is -2.33. The Kier molecular flexibility index (Phi) is 6.25. The first kappa shape index (κ1) is 21.2. The van der Waals surface area contributed by atoms with Gasteiger partial charge in [0.2, 0.25) is 0 Å². The van der Waals surface area contributed by atoms with E-state index >= 15 is 0 Å². The van der Waals surface area contributed by atoms with Gasteiger partial charge in [-0.25, -0.2) is 9.78 Å². The number of halogens is 3. The Morgan fingerprint density at radius 2 is 2.07 bits per heavy atom. The highest BCUT2D eigenvalue weighted by atomic mass is 35.5. The first-order valence-corrected chi connectivity index (χ1v) is 11.1. The minimum atomic E-state index is -1.05. The first-order chi connectivity index (χ1) is 13.8. The Bertz CT molecular complexity index is 923. The monoisotopic (exact) mass is 477 g/mol. The number of aromatic carboxylic acids is 1. The zero-order chi connectivity index (χ0) is 20.7. The van der Waals surface area contributed by atoms with E-state index in [0.717, 1.165) is 6.42 Å². The predicted molar refractivity (Wildman–Crippen MR) is 110 cm³/mol. The number of carbonyl (C=O) groups is 1. The Balaban J connectivity index is 1.41. The van der Waals surface area contributed by atoms with E-state index in [1.807, 2.05) is 0 Å². The second kappa shape index (κ2) is 8.57. The van der Waals surface area contributed by atoms with Crippen molar-refractivity contribution in [3.63, 3.8) is 0 Å². The molecule has 2 fully saturated rings. The van der Waals surface area contributed by atoms with Gasteiger partial charge in [-0.05, 0) is 30.9 Å². The summed E-state index contributed by atoms with van der Waals surface area (Å²) < 4.78 is 12.0. The average molecular weight is 479 g/mol. The molecule has 2 N–H and O–H groups in total. The molecule has 1 saturated heterocycles. The number of aliphatic hydroxyl groups excluding tert-OH is 1. The van der Waals surface area contributed by atoms with Gasteiger partial charge < -0.3 is 19.7 Å². The highest BCUT2D eigenvalue weighted by Crippen LogP contribution is 2.46. The molecule has 1 aromatic carbocycles. The molecule has 1 saturated carbocycles. The van der Waals surface area contributed by atoms with Gasteiger partial charge >= 0.3 is 5.97 Å². The second-order valence-electron chi connectivity index (χ2n) is 7.23. The van der Waals surface area contributed by atoms with Crippen molar-refractivity contribution in [2.75, 3.05) is 6.61 Å². The normalized spacial score (nSPS) is 28.9. The topological polar surface area (TPSA) is 88.9 Å². The average Bonchev–Trinajstić information content (AvgIpc) is 3.30. The maximum atomic E-state index is 11.0. The van der Waals surface area contributed by atoms with Gasteiger partial charge in [0.15, 0.2) is 5.69 Å². The van der Waals surface area contributed by atoms with Crippen molar-refractivity contribution < 1.29 is 24.5 Å². The number of hydrogen-bond donors (Lipinski definition) is 2. The lowest BCUT2D eigenvalue weighted by Crippen LogP contribution is -2.33. The number of carboxylic acid groups (broad SMARTS) is 1. The molecule has 6 nitrogen and oxygen atoms in total. The van der Waals surface area contributed by atoms with E-state index in [2.05, 4.69) is 4.98 Å². The van der Waals surface area contributed by atoms with Crippen LogP contribution in [0.1, 0.15) is 40.9 Å². The molecule has 1 aliphatic carbocycles. The van der Waals surface area contributed by atoms with E-state index in [9.17, 15) is 9.90 Å². The van der Waals surface area contributed by atoms with Crippen LogP contribution in [0.15, 0.2) is 17.5 Å². The Morgan fingerprint density at radius 1 is 1.28 bits per heavy atom. The van der Waals surface area contributed by atoms with Gasteiger partial charge in [-0.15, -0.1) is 11.3 Å². The maximum absolute atomic E-state index is 11.0. The van der Waals surface area contributed by atoms with Crippen LogP contribution < -0.4 is 4.74 Å².